The summed E-state index contributed by atoms with van der Waals surface area (Å²) in [6, 6.07) is 0. The average molecular weight is 179 g/mol. The fourth-order valence-electron chi connectivity index (χ4n) is 0. The molecule has 0 aliphatic carbocycles. The van der Waals surface area contributed by atoms with Crippen molar-refractivity contribution >= 4 is 28.9 Å². The fourth-order valence-corrected chi connectivity index (χ4v) is 0. The van der Waals surface area contributed by atoms with E-state index in [2.05, 4.69) is 3.07 Å². The van der Waals surface area contributed by atoms with Crippen LogP contribution in [0.4, 0.5) is 0 Å². The molecule has 0 heterocycles. The van der Waals surface area contributed by atoms with Gasteiger partial charge in [-0.3, -0.25) is 0 Å². The molecule has 3 heteroatoms. The Morgan fingerprint density at radius 3 is 2.20 bits per heavy atom. The molecule has 0 fully saturated rings. The van der Waals surface area contributed by atoms with Crippen LogP contribution in [0.2, 0.25) is 0 Å². The maximum atomic E-state index is 9.62. The van der Waals surface area contributed by atoms with Gasteiger partial charge in [0.25, 0.3) is 0 Å². The van der Waals surface area contributed by atoms with E-state index in [4.69, 9.17) is 0 Å². The van der Waals surface area contributed by atoms with Gasteiger partial charge in [-0.05, 0) is 0 Å². The molecule has 0 aliphatic heterocycles. The number of carbonyl (C=O) groups is 1. The number of hydrogen-bond acceptors (Lipinski definition) is 2. The van der Waals surface area contributed by atoms with Crippen molar-refractivity contribution in [3.63, 3.8) is 0 Å². The van der Waals surface area contributed by atoms with E-state index in [9.17, 15) is 4.79 Å². The molecule has 0 rings (SSSR count). The normalized spacial score (nSPS) is 6.80. The number of carbonyl (C=O) groups excluding carboxylic acids is 1. The Hall–Kier alpha value is 0.269. The van der Waals surface area contributed by atoms with Gasteiger partial charge in [0.05, 0.1) is 0 Å². The van der Waals surface area contributed by atoms with Crippen LogP contribution < -0.4 is 0 Å². The minimum absolute atomic E-state index is 0.188. The van der Waals surface area contributed by atoms with E-state index in [1.54, 1.807) is 0 Å². The minimum atomic E-state index is -0.188. The van der Waals surface area contributed by atoms with Crippen LogP contribution in [-0.2, 0) is 7.87 Å². The summed E-state index contributed by atoms with van der Waals surface area (Å²) in [6.07, 6.45) is 0. The summed E-state index contributed by atoms with van der Waals surface area (Å²) in [5.74, 6) is -0.188. The van der Waals surface area contributed by atoms with Crippen LogP contribution in [0.5, 0.6) is 0 Å². The molecule has 2 nitrogen and oxygen atoms in total. The summed E-state index contributed by atoms with van der Waals surface area (Å²) in [6.45, 7) is 1.39. The van der Waals surface area contributed by atoms with Crippen LogP contribution in [0.15, 0.2) is 0 Å². The van der Waals surface area contributed by atoms with Crippen LogP contribution >= 0.6 is 0 Å². The van der Waals surface area contributed by atoms with Crippen LogP contribution in [0.25, 0.3) is 0 Å². The Morgan fingerprint density at radius 2 is 2.20 bits per heavy atom. The van der Waals surface area contributed by atoms with E-state index >= 15 is 0 Å². The van der Waals surface area contributed by atoms with Crippen molar-refractivity contribution in [2.75, 3.05) is 0 Å². The predicted molar refractivity (Wildman–Crippen MR) is 18.9 cm³/mol. The zero-order valence-electron chi connectivity index (χ0n) is 2.89. The Balaban J connectivity index is 2.85. The summed E-state index contributed by atoms with van der Waals surface area (Å²) < 4.78 is 4.24. The van der Waals surface area contributed by atoms with Gasteiger partial charge in [-0.1, -0.05) is 0 Å². The topological polar surface area (TPSA) is 26.3 Å². The van der Waals surface area contributed by atoms with Crippen LogP contribution in [0, 0.1) is 0 Å². The second-order valence-electron chi connectivity index (χ2n) is 0.609. The monoisotopic (exact) mass is 180 g/mol. The molecule has 0 aliphatic rings. The van der Waals surface area contributed by atoms with E-state index in [0.717, 1.165) is 0 Å². The van der Waals surface area contributed by atoms with Crippen molar-refractivity contribution in [3.8, 4) is 0 Å². The Bertz CT molecular complexity index is 42.9. The van der Waals surface area contributed by atoms with E-state index < -0.39 is 0 Å². The Morgan fingerprint density at radius 1 is 2.00 bits per heavy atom. The maximum absolute atomic E-state index is 9.62. The second kappa shape index (κ2) is 2.50. The average Bonchev–Trinajstić information content (AvgIpc) is 1.38. The van der Waals surface area contributed by atoms with Gasteiger partial charge in [-0.25, -0.2) is 0 Å². The molecule has 0 atom stereocenters. The van der Waals surface area contributed by atoms with E-state index in [-0.39, 0.29) is 5.97 Å². The summed E-state index contributed by atoms with van der Waals surface area (Å²) in [7, 11) is 0. The van der Waals surface area contributed by atoms with Crippen molar-refractivity contribution < 1.29 is 7.87 Å². The first-order valence-electron chi connectivity index (χ1n) is 1.14. The quantitative estimate of drug-likeness (QED) is 0.462. The molecule has 5 heavy (non-hydrogen) atoms. The molecule has 0 bridgehead atoms. The van der Waals surface area contributed by atoms with Gasteiger partial charge in [-0.15, -0.1) is 0 Å². The summed E-state index contributed by atoms with van der Waals surface area (Å²) >= 11 is 0.577. The zero-order chi connectivity index (χ0) is 4.28. The summed E-state index contributed by atoms with van der Waals surface area (Å²) in [4.78, 5) is 9.62. The van der Waals surface area contributed by atoms with E-state index in [1.807, 2.05) is 0 Å². The summed E-state index contributed by atoms with van der Waals surface area (Å²) in [5, 5.41) is 0. The Labute approximate surface area is 44.1 Å². The van der Waals surface area contributed by atoms with Crippen molar-refractivity contribution in [2.24, 2.45) is 0 Å². The molecule has 0 spiro atoms. The van der Waals surface area contributed by atoms with Gasteiger partial charge in [0.2, 0.25) is 0 Å². The molecular weight excluding hydrogens is 175 g/mol. The van der Waals surface area contributed by atoms with Gasteiger partial charge in [0.15, 0.2) is 0 Å². The molecule has 0 aromatic rings. The molecule has 0 aromatic heterocycles. The molecule has 0 unspecified atom stereocenters. The van der Waals surface area contributed by atoms with Crippen molar-refractivity contribution in [1.82, 2.24) is 0 Å². The molecule has 0 aromatic carbocycles. The molecule has 28 valence electrons. The number of rotatable bonds is 0. The van der Waals surface area contributed by atoms with Gasteiger partial charge in [0.1, 0.15) is 0 Å². The third-order valence-corrected chi connectivity index (χ3v) is 1.11. The van der Waals surface area contributed by atoms with Gasteiger partial charge in [-0.2, -0.15) is 0 Å². The molecule has 0 saturated carbocycles. The molecule has 0 saturated heterocycles. The second-order valence-corrected chi connectivity index (χ2v) is 1.28. The fraction of sp³-hybridized carbons (Fsp3) is 0.500. The first-order valence-corrected chi connectivity index (χ1v) is 2.49. The van der Waals surface area contributed by atoms with E-state index in [0.29, 0.717) is 22.9 Å². The molecule has 2 radical (unpaired) electrons. The third kappa shape index (κ3) is 4.27. The zero-order valence-corrected chi connectivity index (χ0v) is 6.19. The van der Waals surface area contributed by atoms with Gasteiger partial charge < -0.3 is 0 Å². The molecule has 0 amide bonds. The first-order chi connectivity index (χ1) is 2.27. The standard InChI is InChI=1S/C2H4O2.Sn.H/c1-2(3)4;;/h1H3,(H,3,4);;/q;+1;/p-1. The summed E-state index contributed by atoms with van der Waals surface area (Å²) in [5.41, 5.74) is 0. The Kier molecular flexibility index (Phi) is 2.64. The van der Waals surface area contributed by atoms with Gasteiger partial charge in [0, 0.05) is 0 Å². The predicted octanol–water partition coefficient (Wildman–Crippen LogP) is -0.635. The first kappa shape index (κ1) is 5.27. The molecule has 0 N–H and O–H groups in total. The van der Waals surface area contributed by atoms with Crippen molar-refractivity contribution in [3.05, 3.63) is 0 Å². The van der Waals surface area contributed by atoms with Crippen molar-refractivity contribution in [1.29, 1.82) is 0 Å². The van der Waals surface area contributed by atoms with Crippen molar-refractivity contribution in [2.45, 2.75) is 6.92 Å². The van der Waals surface area contributed by atoms with E-state index in [1.165, 1.54) is 6.92 Å². The SMILES string of the molecule is CC(=O)[O][SnH]. The number of hydrogen-bond donors (Lipinski definition) is 0. The van der Waals surface area contributed by atoms with Crippen LogP contribution in [-0.4, -0.2) is 28.9 Å². The third-order valence-electron chi connectivity index (χ3n) is 0.166. The molecular formula is C2H4O2Sn. The van der Waals surface area contributed by atoms with Gasteiger partial charge >= 0.3 is 43.7 Å². The van der Waals surface area contributed by atoms with Crippen LogP contribution in [0.1, 0.15) is 6.92 Å². The van der Waals surface area contributed by atoms with Crippen LogP contribution in [0.3, 0.4) is 0 Å².